The molecule has 0 saturated carbocycles. The van der Waals surface area contributed by atoms with Gasteiger partial charge in [0.1, 0.15) is 0 Å². The van der Waals surface area contributed by atoms with E-state index in [1.165, 1.54) is 12.3 Å². The van der Waals surface area contributed by atoms with E-state index in [0.29, 0.717) is 16.4 Å². The Labute approximate surface area is 155 Å². The van der Waals surface area contributed by atoms with Crippen molar-refractivity contribution in [2.75, 3.05) is 10.6 Å². The van der Waals surface area contributed by atoms with Crippen LogP contribution in [0, 0.1) is 0 Å². The molecule has 0 saturated heterocycles. The third-order valence-electron chi connectivity index (χ3n) is 3.43. The molecule has 3 rings (SSSR count). The quantitative estimate of drug-likeness (QED) is 0.635. The van der Waals surface area contributed by atoms with Gasteiger partial charge in [-0.3, -0.25) is 9.59 Å². The Bertz CT molecular complexity index is 932. The van der Waals surface area contributed by atoms with Gasteiger partial charge in [-0.15, -0.1) is 0 Å². The number of nitrogens with one attached hydrogen (secondary N) is 2. The summed E-state index contributed by atoms with van der Waals surface area (Å²) in [5, 5.41) is 6.09. The van der Waals surface area contributed by atoms with Gasteiger partial charge in [-0.05, 0) is 54.1 Å². The Kier molecular flexibility index (Phi) is 5.51. The second kappa shape index (κ2) is 8.18. The van der Waals surface area contributed by atoms with Crippen molar-refractivity contribution in [2.24, 2.45) is 0 Å². The molecule has 0 atom stereocenters. The maximum atomic E-state index is 12.0. The van der Waals surface area contributed by atoms with Crippen molar-refractivity contribution in [2.45, 2.75) is 0 Å². The first kappa shape index (κ1) is 17.5. The minimum atomic E-state index is -0.360. The van der Waals surface area contributed by atoms with E-state index in [4.69, 9.17) is 16.0 Å². The zero-order chi connectivity index (χ0) is 18.4. The molecule has 0 bridgehead atoms. The molecule has 0 spiro atoms. The van der Waals surface area contributed by atoms with Gasteiger partial charge >= 0.3 is 0 Å². The molecule has 2 aromatic carbocycles. The van der Waals surface area contributed by atoms with Gasteiger partial charge in [0.25, 0.3) is 5.91 Å². The van der Waals surface area contributed by atoms with Gasteiger partial charge in [-0.25, -0.2) is 0 Å². The number of halogens is 1. The number of rotatable bonds is 5. The second-order valence-electron chi connectivity index (χ2n) is 5.39. The summed E-state index contributed by atoms with van der Waals surface area (Å²) in [6.07, 6.45) is 4.55. The van der Waals surface area contributed by atoms with E-state index in [1.807, 2.05) is 12.1 Å². The van der Waals surface area contributed by atoms with Crippen molar-refractivity contribution in [3.05, 3.63) is 89.3 Å². The van der Waals surface area contributed by atoms with Crippen LogP contribution in [-0.2, 0) is 4.79 Å². The maximum Gasteiger partial charge on any atom is 0.291 e. The van der Waals surface area contributed by atoms with Crippen LogP contribution in [-0.4, -0.2) is 11.8 Å². The third-order valence-corrected chi connectivity index (χ3v) is 3.68. The summed E-state index contributed by atoms with van der Waals surface area (Å²) in [7, 11) is 0. The first-order valence-electron chi connectivity index (χ1n) is 7.80. The van der Waals surface area contributed by atoms with E-state index in [-0.39, 0.29) is 17.6 Å². The highest BCUT2D eigenvalue weighted by Crippen LogP contribution is 2.17. The molecule has 2 N–H and O–H groups in total. The molecule has 1 aromatic heterocycles. The topological polar surface area (TPSA) is 71.3 Å². The molecule has 0 unspecified atom stereocenters. The van der Waals surface area contributed by atoms with Crippen molar-refractivity contribution in [3.63, 3.8) is 0 Å². The van der Waals surface area contributed by atoms with Gasteiger partial charge in [0.2, 0.25) is 5.91 Å². The molecule has 1 heterocycles. The highest BCUT2D eigenvalue weighted by Gasteiger charge is 2.09. The summed E-state index contributed by atoms with van der Waals surface area (Å²) in [5.41, 5.74) is 1.97. The predicted octanol–water partition coefficient (Wildman–Crippen LogP) is 4.84. The third kappa shape index (κ3) is 4.84. The van der Waals surface area contributed by atoms with Crippen molar-refractivity contribution in [3.8, 4) is 0 Å². The first-order chi connectivity index (χ1) is 12.6. The fraction of sp³-hybridized carbons (Fsp3) is 0. The minimum Gasteiger partial charge on any atom is -0.459 e. The van der Waals surface area contributed by atoms with Gasteiger partial charge < -0.3 is 15.1 Å². The molecule has 3 aromatic rings. The van der Waals surface area contributed by atoms with Gasteiger partial charge in [0.05, 0.1) is 6.26 Å². The van der Waals surface area contributed by atoms with E-state index in [2.05, 4.69) is 10.6 Å². The van der Waals surface area contributed by atoms with Crippen LogP contribution in [0.2, 0.25) is 5.02 Å². The lowest BCUT2D eigenvalue weighted by Gasteiger charge is -2.07. The van der Waals surface area contributed by atoms with Gasteiger partial charge in [0, 0.05) is 22.5 Å². The van der Waals surface area contributed by atoms with Crippen LogP contribution in [0.4, 0.5) is 11.4 Å². The van der Waals surface area contributed by atoms with Crippen molar-refractivity contribution in [1.82, 2.24) is 0 Å². The SMILES string of the molecule is O=C(C=Cc1ccc(Cl)cc1)Nc1cccc(NC(=O)c2ccco2)c1. The molecule has 26 heavy (non-hydrogen) atoms. The van der Waals surface area contributed by atoms with Gasteiger partial charge in [0.15, 0.2) is 5.76 Å². The van der Waals surface area contributed by atoms with E-state index in [0.717, 1.165) is 5.56 Å². The summed E-state index contributed by atoms with van der Waals surface area (Å²) >= 11 is 5.83. The lowest BCUT2D eigenvalue weighted by Crippen LogP contribution is -2.12. The summed E-state index contributed by atoms with van der Waals surface area (Å²) in [6.45, 7) is 0. The molecule has 2 amide bonds. The average Bonchev–Trinajstić information content (AvgIpc) is 3.16. The number of carbonyl (C=O) groups is 2. The number of hydrogen-bond acceptors (Lipinski definition) is 3. The molecular formula is C20H15ClN2O3. The second-order valence-corrected chi connectivity index (χ2v) is 5.82. The van der Waals surface area contributed by atoms with Crippen LogP contribution in [0.1, 0.15) is 16.1 Å². The van der Waals surface area contributed by atoms with E-state index < -0.39 is 0 Å². The molecule has 5 nitrogen and oxygen atoms in total. The molecule has 0 radical (unpaired) electrons. The van der Waals surface area contributed by atoms with Gasteiger partial charge in [-0.1, -0.05) is 29.8 Å². The Hall–Kier alpha value is -3.31. The summed E-state index contributed by atoms with van der Waals surface area (Å²) in [4.78, 5) is 24.0. The Morgan fingerprint density at radius 2 is 1.65 bits per heavy atom. The summed E-state index contributed by atoms with van der Waals surface area (Å²) < 4.78 is 5.04. The summed E-state index contributed by atoms with van der Waals surface area (Å²) in [5.74, 6) is -0.430. The largest absolute Gasteiger partial charge is 0.459 e. The minimum absolute atomic E-state index is 0.213. The molecule has 0 fully saturated rings. The fourth-order valence-electron chi connectivity index (χ4n) is 2.20. The van der Waals surface area contributed by atoms with Crippen LogP contribution >= 0.6 is 11.6 Å². The zero-order valence-electron chi connectivity index (χ0n) is 13.6. The van der Waals surface area contributed by atoms with E-state index in [1.54, 1.807) is 54.6 Å². The van der Waals surface area contributed by atoms with E-state index in [9.17, 15) is 9.59 Å². The normalized spacial score (nSPS) is 10.7. The van der Waals surface area contributed by atoms with Crippen LogP contribution in [0.25, 0.3) is 6.08 Å². The van der Waals surface area contributed by atoms with Crippen molar-refractivity contribution < 1.29 is 14.0 Å². The Morgan fingerprint density at radius 1 is 0.923 bits per heavy atom. The molecule has 0 aliphatic carbocycles. The number of benzene rings is 2. The van der Waals surface area contributed by atoms with Crippen LogP contribution in [0.15, 0.2) is 77.4 Å². The number of anilines is 2. The Morgan fingerprint density at radius 3 is 2.35 bits per heavy atom. The van der Waals surface area contributed by atoms with Gasteiger partial charge in [-0.2, -0.15) is 0 Å². The lowest BCUT2D eigenvalue weighted by molar-refractivity contribution is -0.111. The Balaban J connectivity index is 1.61. The molecule has 0 aliphatic heterocycles. The number of amides is 2. The monoisotopic (exact) mass is 366 g/mol. The highest BCUT2D eigenvalue weighted by molar-refractivity contribution is 6.30. The van der Waals surface area contributed by atoms with Crippen LogP contribution in [0.5, 0.6) is 0 Å². The summed E-state index contributed by atoms with van der Waals surface area (Å²) in [6, 6.07) is 17.2. The predicted molar refractivity (Wildman–Crippen MR) is 102 cm³/mol. The van der Waals surface area contributed by atoms with E-state index >= 15 is 0 Å². The van der Waals surface area contributed by atoms with Crippen LogP contribution < -0.4 is 10.6 Å². The smallest absolute Gasteiger partial charge is 0.291 e. The number of carbonyl (C=O) groups excluding carboxylic acids is 2. The highest BCUT2D eigenvalue weighted by atomic mass is 35.5. The fourth-order valence-corrected chi connectivity index (χ4v) is 2.33. The molecule has 0 aliphatic rings. The van der Waals surface area contributed by atoms with Crippen molar-refractivity contribution >= 4 is 40.9 Å². The van der Waals surface area contributed by atoms with Crippen LogP contribution in [0.3, 0.4) is 0 Å². The number of furan rings is 1. The maximum absolute atomic E-state index is 12.0. The molecule has 6 heteroatoms. The number of hydrogen-bond donors (Lipinski definition) is 2. The zero-order valence-corrected chi connectivity index (χ0v) is 14.4. The van der Waals surface area contributed by atoms with Crippen molar-refractivity contribution in [1.29, 1.82) is 0 Å². The average molecular weight is 367 g/mol. The first-order valence-corrected chi connectivity index (χ1v) is 8.17. The lowest BCUT2D eigenvalue weighted by atomic mass is 10.2. The standard InChI is InChI=1S/C20H15ClN2O3/c21-15-9-6-14(7-10-15)8-11-19(24)22-16-3-1-4-17(13-16)23-20(25)18-5-2-12-26-18/h1-13H,(H,22,24)(H,23,25). The molecular weight excluding hydrogens is 352 g/mol. The molecule has 130 valence electrons.